The van der Waals surface area contributed by atoms with Crippen molar-refractivity contribution in [1.29, 1.82) is 0 Å². The van der Waals surface area contributed by atoms with Crippen molar-refractivity contribution in [2.45, 2.75) is 51.5 Å². The summed E-state index contributed by atoms with van der Waals surface area (Å²) in [5.74, 6) is 0.235. The van der Waals surface area contributed by atoms with Crippen LogP contribution in [0.3, 0.4) is 0 Å². The Labute approximate surface area is 135 Å². The van der Waals surface area contributed by atoms with E-state index >= 15 is 0 Å². The van der Waals surface area contributed by atoms with E-state index in [9.17, 15) is 4.79 Å². The Kier molecular flexibility index (Phi) is 6.55. The Morgan fingerprint density at radius 1 is 1.29 bits per heavy atom. The fourth-order valence-corrected chi connectivity index (χ4v) is 3.39. The molecule has 2 rings (SSSR count). The third-order valence-electron chi connectivity index (χ3n) is 4.10. The summed E-state index contributed by atoms with van der Waals surface area (Å²) >= 11 is 3.54. The normalized spacial score (nSPS) is 17.8. The number of carbonyl (C=O) groups is 1. The molecule has 1 fully saturated rings. The summed E-state index contributed by atoms with van der Waals surface area (Å²) in [6.45, 7) is 2.29. The van der Waals surface area contributed by atoms with Gasteiger partial charge in [0.05, 0.1) is 6.61 Å². The number of halogens is 1. The van der Waals surface area contributed by atoms with E-state index in [0.29, 0.717) is 12.5 Å². The van der Waals surface area contributed by atoms with Crippen LogP contribution in [0.5, 0.6) is 0 Å². The average Bonchev–Trinajstić information content (AvgIpc) is 2.75. The van der Waals surface area contributed by atoms with Crippen molar-refractivity contribution in [3.05, 3.63) is 28.7 Å². The van der Waals surface area contributed by atoms with Crippen LogP contribution in [0.4, 0.5) is 5.69 Å². The molecule has 3 nitrogen and oxygen atoms in total. The zero-order chi connectivity index (χ0) is 15.1. The van der Waals surface area contributed by atoms with Crippen LogP contribution in [0.2, 0.25) is 0 Å². The molecule has 1 aliphatic rings. The van der Waals surface area contributed by atoms with Crippen molar-refractivity contribution in [1.82, 2.24) is 0 Å². The molecular formula is C17H24BrNO2. The van der Waals surface area contributed by atoms with Crippen LogP contribution in [0.25, 0.3) is 0 Å². The first kappa shape index (κ1) is 16.3. The van der Waals surface area contributed by atoms with Gasteiger partial charge in [0.2, 0.25) is 0 Å². The van der Waals surface area contributed by atoms with Gasteiger partial charge in [-0.2, -0.15) is 0 Å². The summed E-state index contributed by atoms with van der Waals surface area (Å²) in [5.41, 5.74) is 0.958. The van der Waals surface area contributed by atoms with Crippen molar-refractivity contribution in [2.75, 3.05) is 11.9 Å². The predicted octanol–water partition coefficient (Wildman–Crippen LogP) is 4.76. The average molecular weight is 354 g/mol. The quantitative estimate of drug-likeness (QED) is 0.612. The molecule has 1 aromatic rings. The topological polar surface area (TPSA) is 38.3 Å². The smallest absolute Gasteiger partial charge is 0.328 e. The first-order valence-corrected chi connectivity index (χ1v) is 8.69. The van der Waals surface area contributed by atoms with Gasteiger partial charge in [0.25, 0.3) is 0 Å². The second kappa shape index (κ2) is 8.42. The molecular weight excluding hydrogens is 330 g/mol. The summed E-state index contributed by atoms with van der Waals surface area (Å²) in [5, 5.41) is 3.41. The molecule has 0 saturated heterocycles. The van der Waals surface area contributed by atoms with E-state index in [0.717, 1.165) is 23.0 Å². The first-order chi connectivity index (χ1) is 10.2. The zero-order valence-corrected chi connectivity index (χ0v) is 14.2. The molecule has 0 amide bonds. The van der Waals surface area contributed by atoms with E-state index in [-0.39, 0.29) is 12.0 Å². The number of esters is 1. The van der Waals surface area contributed by atoms with E-state index in [2.05, 4.69) is 21.2 Å². The van der Waals surface area contributed by atoms with Gasteiger partial charge in [-0.3, -0.25) is 0 Å². The summed E-state index contributed by atoms with van der Waals surface area (Å²) in [4.78, 5) is 12.4. The maximum atomic E-state index is 12.4. The summed E-state index contributed by atoms with van der Waals surface area (Å²) in [7, 11) is 0. The summed E-state index contributed by atoms with van der Waals surface area (Å²) in [6, 6.07) is 7.68. The Hall–Kier alpha value is -1.03. The number of benzene rings is 1. The number of hydrogen-bond acceptors (Lipinski definition) is 3. The number of anilines is 1. The van der Waals surface area contributed by atoms with Crippen LogP contribution in [0.15, 0.2) is 28.7 Å². The molecule has 0 aliphatic heterocycles. The van der Waals surface area contributed by atoms with Crippen LogP contribution in [0.1, 0.15) is 45.4 Å². The molecule has 0 bridgehead atoms. The number of rotatable bonds is 5. The highest BCUT2D eigenvalue weighted by molar-refractivity contribution is 9.10. The third-order valence-corrected chi connectivity index (χ3v) is 4.79. The molecule has 1 saturated carbocycles. The second-order valence-electron chi connectivity index (χ2n) is 5.61. The minimum absolute atomic E-state index is 0.125. The molecule has 0 spiro atoms. The van der Waals surface area contributed by atoms with Crippen molar-refractivity contribution < 1.29 is 9.53 Å². The van der Waals surface area contributed by atoms with Crippen molar-refractivity contribution in [3.8, 4) is 0 Å². The van der Waals surface area contributed by atoms with Gasteiger partial charge in [0, 0.05) is 10.2 Å². The molecule has 1 unspecified atom stereocenters. The van der Waals surface area contributed by atoms with Crippen molar-refractivity contribution >= 4 is 27.6 Å². The maximum absolute atomic E-state index is 12.4. The van der Waals surface area contributed by atoms with Crippen LogP contribution in [0, 0.1) is 5.92 Å². The van der Waals surface area contributed by atoms with Gasteiger partial charge in [-0.1, -0.05) is 37.8 Å². The van der Waals surface area contributed by atoms with Crippen LogP contribution < -0.4 is 5.32 Å². The molecule has 0 heterocycles. The molecule has 1 atom stereocenters. The minimum atomic E-state index is -0.248. The monoisotopic (exact) mass is 353 g/mol. The lowest BCUT2D eigenvalue weighted by Gasteiger charge is -2.26. The molecule has 1 aliphatic carbocycles. The summed E-state index contributed by atoms with van der Waals surface area (Å²) in [6.07, 6.45) is 7.17. The standard InChI is InChI=1S/C17H24BrNO2/c1-2-21-17(20)16(13-9-5-3-4-6-10-13)19-15-12-8-7-11-14(15)18/h7-8,11-13,16,19H,2-6,9-10H2,1H3. The molecule has 0 radical (unpaired) electrons. The number of hydrogen-bond donors (Lipinski definition) is 1. The van der Waals surface area contributed by atoms with Crippen LogP contribution >= 0.6 is 15.9 Å². The Bertz CT molecular complexity index is 456. The van der Waals surface area contributed by atoms with Crippen molar-refractivity contribution in [3.63, 3.8) is 0 Å². The highest BCUT2D eigenvalue weighted by Gasteiger charge is 2.30. The summed E-state index contributed by atoms with van der Waals surface area (Å²) < 4.78 is 6.27. The van der Waals surface area contributed by atoms with E-state index in [1.807, 2.05) is 31.2 Å². The molecule has 1 aromatic carbocycles. The molecule has 1 N–H and O–H groups in total. The van der Waals surface area contributed by atoms with Gasteiger partial charge in [-0.15, -0.1) is 0 Å². The Morgan fingerprint density at radius 2 is 1.95 bits per heavy atom. The lowest BCUT2D eigenvalue weighted by atomic mass is 9.91. The Morgan fingerprint density at radius 3 is 2.57 bits per heavy atom. The van der Waals surface area contributed by atoms with E-state index in [1.165, 1.54) is 25.7 Å². The van der Waals surface area contributed by atoms with Crippen LogP contribution in [-0.2, 0) is 9.53 Å². The number of nitrogens with one attached hydrogen (secondary N) is 1. The van der Waals surface area contributed by atoms with Gasteiger partial charge >= 0.3 is 5.97 Å². The fraction of sp³-hybridized carbons (Fsp3) is 0.588. The molecule has 4 heteroatoms. The van der Waals surface area contributed by atoms with E-state index in [1.54, 1.807) is 0 Å². The largest absolute Gasteiger partial charge is 0.464 e. The van der Waals surface area contributed by atoms with Gasteiger partial charge in [-0.25, -0.2) is 4.79 Å². The highest BCUT2D eigenvalue weighted by Crippen LogP contribution is 2.30. The second-order valence-corrected chi connectivity index (χ2v) is 6.46. The maximum Gasteiger partial charge on any atom is 0.328 e. The van der Waals surface area contributed by atoms with Gasteiger partial charge in [-0.05, 0) is 53.7 Å². The highest BCUT2D eigenvalue weighted by atomic mass is 79.9. The Balaban J connectivity index is 2.15. The lowest BCUT2D eigenvalue weighted by molar-refractivity contribution is -0.145. The number of ether oxygens (including phenoxy) is 1. The SMILES string of the molecule is CCOC(=O)C(Nc1ccccc1Br)C1CCCCCC1. The van der Waals surface area contributed by atoms with Gasteiger partial charge in [0.15, 0.2) is 0 Å². The molecule has 21 heavy (non-hydrogen) atoms. The van der Waals surface area contributed by atoms with E-state index < -0.39 is 0 Å². The zero-order valence-electron chi connectivity index (χ0n) is 12.6. The lowest BCUT2D eigenvalue weighted by Crippen LogP contribution is -2.38. The predicted molar refractivity (Wildman–Crippen MR) is 89.4 cm³/mol. The van der Waals surface area contributed by atoms with Gasteiger partial charge in [0.1, 0.15) is 6.04 Å². The van der Waals surface area contributed by atoms with Crippen LogP contribution in [-0.4, -0.2) is 18.6 Å². The number of carbonyl (C=O) groups excluding carboxylic acids is 1. The number of para-hydroxylation sites is 1. The molecule has 0 aromatic heterocycles. The first-order valence-electron chi connectivity index (χ1n) is 7.90. The minimum Gasteiger partial charge on any atom is -0.464 e. The molecule has 116 valence electrons. The third kappa shape index (κ3) is 4.73. The van der Waals surface area contributed by atoms with Gasteiger partial charge < -0.3 is 10.1 Å². The van der Waals surface area contributed by atoms with E-state index in [4.69, 9.17) is 4.74 Å². The fourth-order valence-electron chi connectivity index (χ4n) is 2.99. The van der Waals surface area contributed by atoms with Crippen molar-refractivity contribution in [2.24, 2.45) is 5.92 Å².